The smallest absolute Gasteiger partial charge is 0.352 e. The first-order chi connectivity index (χ1) is 10.6. The first kappa shape index (κ1) is 14.2. The Labute approximate surface area is 126 Å². The van der Waals surface area contributed by atoms with E-state index in [0.29, 0.717) is 23.4 Å². The molecule has 0 fully saturated rings. The third-order valence-corrected chi connectivity index (χ3v) is 3.41. The van der Waals surface area contributed by atoms with Crippen molar-refractivity contribution in [1.29, 1.82) is 0 Å². The lowest BCUT2D eigenvalue weighted by Crippen LogP contribution is -2.30. The number of nitrogens with zero attached hydrogens (tertiary/aromatic N) is 1. The third-order valence-electron chi connectivity index (χ3n) is 3.41. The minimum Gasteiger partial charge on any atom is -0.423 e. The molecule has 0 saturated heterocycles. The van der Waals surface area contributed by atoms with Gasteiger partial charge in [0.25, 0.3) is 5.91 Å². The Morgan fingerprint density at radius 2 is 1.91 bits per heavy atom. The van der Waals surface area contributed by atoms with E-state index < -0.39 is 12.0 Å². The number of para-hydroxylation sites is 2. The average Bonchev–Trinajstić information content (AvgIpc) is 2.85. The van der Waals surface area contributed by atoms with Gasteiger partial charge in [-0.15, -0.1) is 0 Å². The Hall–Kier alpha value is -2.76. The topological polar surface area (TPSA) is 58.4 Å². The standard InChI is InChI=1S/C16H13FN2O3/c17-12-7-5-11(6-8-12)16(20)18-10-9-15-19(21)13-3-1-2-4-14(13)22-15/h1-8,15H,9-10H2/p+1. The van der Waals surface area contributed by atoms with Crippen molar-refractivity contribution in [2.75, 3.05) is 6.54 Å². The summed E-state index contributed by atoms with van der Waals surface area (Å²) in [6.07, 6.45) is -0.295. The lowest BCUT2D eigenvalue weighted by atomic mass is 10.2. The van der Waals surface area contributed by atoms with Crippen LogP contribution in [-0.4, -0.2) is 23.4 Å². The van der Waals surface area contributed by atoms with Crippen LogP contribution in [0.25, 0.3) is 0 Å². The van der Waals surface area contributed by atoms with E-state index in [4.69, 9.17) is 4.74 Å². The number of carbonyl (C=O) groups is 1. The molecular weight excluding hydrogens is 287 g/mol. The molecule has 0 saturated carbocycles. The molecule has 3 rings (SSSR count). The van der Waals surface area contributed by atoms with Gasteiger partial charge in [-0.3, -0.25) is 4.79 Å². The number of fused-ring (bicyclic) bond motifs is 1. The summed E-state index contributed by atoms with van der Waals surface area (Å²) < 4.78 is 19.1. The van der Waals surface area contributed by atoms with Crippen molar-refractivity contribution in [1.82, 2.24) is 5.32 Å². The summed E-state index contributed by atoms with van der Waals surface area (Å²) in [4.78, 5) is 23.9. The molecule has 2 aromatic carbocycles. The van der Waals surface area contributed by atoms with Crippen LogP contribution in [0.2, 0.25) is 0 Å². The summed E-state index contributed by atoms with van der Waals surface area (Å²) in [5.41, 5.74) is 0.869. The highest BCUT2D eigenvalue weighted by atomic mass is 19.1. The predicted octanol–water partition coefficient (Wildman–Crippen LogP) is 2.77. The van der Waals surface area contributed by atoms with E-state index in [1.54, 1.807) is 24.3 Å². The van der Waals surface area contributed by atoms with Crippen molar-refractivity contribution in [3.05, 3.63) is 64.8 Å². The van der Waals surface area contributed by atoms with E-state index in [9.17, 15) is 14.1 Å². The number of nitroso groups, excluding NO2 is 1. The lowest BCUT2D eigenvalue weighted by molar-refractivity contribution is -0.529. The third kappa shape index (κ3) is 2.81. The molecule has 1 heterocycles. The molecule has 1 amide bonds. The van der Waals surface area contributed by atoms with Gasteiger partial charge >= 0.3 is 11.9 Å². The molecule has 0 bridgehead atoms. The Morgan fingerprint density at radius 3 is 2.64 bits per heavy atom. The van der Waals surface area contributed by atoms with Crippen molar-refractivity contribution in [3.63, 3.8) is 0 Å². The van der Waals surface area contributed by atoms with Gasteiger partial charge in [-0.25, -0.2) is 4.39 Å². The van der Waals surface area contributed by atoms with Gasteiger partial charge in [0.1, 0.15) is 5.82 Å². The maximum Gasteiger partial charge on any atom is 0.352 e. The SMILES string of the molecule is O=C(NCCC1Oc2ccccc2[N+]1=O)c1ccc(F)cc1. The summed E-state index contributed by atoms with van der Waals surface area (Å²) in [5, 5.41) is 2.69. The van der Waals surface area contributed by atoms with Crippen molar-refractivity contribution >= 4 is 11.6 Å². The Kier molecular flexibility index (Phi) is 3.82. The van der Waals surface area contributed by atoms with Gasteiger partial charge in [-0.05, 0) is 30.3 Å². The van der Waals surface area contributed by atoms with E-state index >= 15 is 0 Å². The first-order valence-electron chi connectivity index (χ1n) is 6.91. The van der Waals surface area contributed by atoms with Crippen molar-refractivity contribution in [3.8, 4) is 5.75 Å². The molecule has 1 aliphatic heterocycles. The number of amides is 1. The van der Waals surface area contributed by atoms with Gasteiger partial charge in [0.05, 0.1) is 11.2 Å². The van der Waals surface area contributed by atoms with Crippen LogP contribution in [0.15, 0.2) is 48.5 Å². The van der Waals surface area contributed by atoms with Gasteiger partial charge in [-0.2, -0.15) is 0 Å². The number of rotatable bonds is 4. The molecule has 5 nitrogen and oxygen atoms in total. The van der Waals surface area contributed by atoms with E-state index in [1.165, 1.54) is 24.3 Å². The summed E-state index contributed by atoms with van der Waals surface area (Å²) in [6, 6.07) is 12.3. The van der Waals surface area contributed by atoms with Gasteiger partial charge in [0.15, 0.2) is 0 Å². The molecule has 0 radical (unpaired) electrons. The highest BCUT2D eigenvalue weighted by molar-refractivity contribution is 5.94. The Bertz CT molecular complexity index is 716. The van der Waals surface area contributed by atoms with Crippen LogP contribution >= 0.6 is 0 Å². The van der Waals surface area contributed by atoms with E-state index in [-0.39, 0.29) is 12.5 Å². The number of nitrogens with one attached hydrogen (secondary N) is 1. The van der Waals surface area contributed by atoms with Crippen LogP contribution < -0.4 is 10.1 Å². The fourth-order valence-corrected chi connectivity index (χ4v) is 2.28. The minimum atomic E-state index is -0.647. The predicted molar refractivity (Wildman–Crippen MR) is 77.5 cm³/mol. The quantitative estimate of drug-likeness (QED) is 0.883. The zero-order chi connectivity index (χ0) is 15.5. The second-order valence-corrected chi connectivity index (χ2v) is 4.92. The summed E-state index contributed by atoms with van der Waals surface area (Å²) in [5.74, 6) is -0.156. The molecular formula is C16H14FN2O3+. The van der Waals surface area contributed by atoms with E-state index in [1.807, 2.05) is 0 Å². The maximum atomic E-state index is 12.8. The second kappa shape index (κ2) is 5.93. The van der Waals surface area contributed by atoms with Gasteiger partial charge < -0.3 is 10.1 Å². The summed E-state index contributed by atoms with van der Waals surface area (Å²) >= 11 is 0. The molecule has 1 atom stereocenters. The number of ether oxygens (including phenoxy) is 1. The Balaban J connectivity index is 1.53. The van der Waals surface area contributed by atoms with Gasteiger partial charge in [0, 0.05) is 23.1 Å². The molecule has 22 heavy (non-hydrogen) atoms. The second-order valence-electron chi connectivity index (χ2n) is 4.92. The van der Waals surface area contributed by atoms with Crippen LogP contribution in [-0.2, 0) is 0 Å². The molecule has 1 unspecified atom stereocenters. The Morgan fingerprint density at radius 1 is 1.18 bits per heavy atom. The monoisotopic (exact) mass is 301 g/mol. The molecule has 6 heteroatoms. The molecule has 0 spiro atoms. The van der Waals surface area contributed by atoms with Crippen molar-refractivity contribution in [2.24, 2.45) is 0 Å². The summed E-state index contributed by atoms with van der Waals surface area (Å²) in [7, 11) is 0. The molecule has 2 aromatic rings. The van der Waals surface area contributed by atoms with Crippen LogP contribution in [0, 0.1) is 10.7 Å². The van der Waals surface area contributed by atoms with Crippen molar-refractivity contribution < 1.29 is 18.7 Å². The highest BCUT2D eigenvalue weighted by Gasteiger charge is 2.39. The average molecular weight is 301 g/mol. The van der Waals surface area contributed by atoms with Crippen LogP contribution in [0.1, 0.15) is 16.8 Å². The van der Waals surface area contributed by atoms with E-state index in [2.05, 4.69) is 5.32 Å². The zero-order valence-corrected chi connectivity index (χ0v) is 11.7. The fourth-order valence-electron chi connectivity index (χ4n) is 2.28. The maximum absolute atomic E-state index is 12.8. The number of hydrogen-bond acceptors (Lipinski definition) is 3. The van der Waals surface area contributed by atoms with Gasteiger partial charge in [0.2, 0.25) is 5.75 Å². The van der Waals surface area contributed by atoms with E-state index in [0.717, 1.165) is 4.76 Å². The number of hydrogen-bond donors (Lipinski definition) is 1. The minimum absolute atomic E-state index is 0.285. The van der Waals surface area contributed by atoms with Crippen LogP contribution in [0.5, 0.6) is 5.75 Å². The molecule has 0 aliphatic carbocycles. The molecule has 112 valence electrons. The number of halogens is 1. The molecule has 1 N–H and O–H groups in total. The molecule has 1 aliphatic rings. The van der Waals surface area contributed by atoms with Crippen molar-refractivity contribution in [2.45, 2.75) is 12.6 Å². The zero-order valence-electron chi connectivity index (χ0n) is 11.7. The number of carbonyl (C=O) groups excluding carboxylic acids is 1. The van der Waals surface area contributed by atoms with Crippen LogP contribution in [0.4, 0.5) is 10.1 Å². The normalized spacial score (nSPS) is 16.0. The number of benzene rings is 2. The van der Waals surface area contributed by atoms with Gasteiger partial charge in [-0.1, -0.05) is 12.1 Å². The fraction of sp³-hybridized carbons (Fsp3) is 0.188. The first-order valence-corrected chi connectivity index (χ1v) is 6.91. The van der Waals surface area contributed by atoms with Crippen LogP contribution in [0.3, 0.4) is 0 Å². The highest BCUT2D eigenvalue weighted by Crippen LogP contribution is 2.35. The molecule has 0 aromatic heterocycles. The summed E-state index contributed by atoms with van der Waals surface area (Å²) in [6.45, 7) is 0.285. The lowest BCUT2D eigenvalue weighted by Gasteiger charge is -2.06. The largest absolute Gasteiger partial charge is 0.423 e.